The molecule has 62 heavy (non-hydrogen) atoms. The predicted octanol–water partition coefficient (Wildman–Crippen LogP) is 17.2. The number of benzene rings is 11. The number of rotatable bonds is 7. The molecule has 12 rings (SSSR count). The number of hydrogen-bond acceptors (Lipinski definition) is 2. The van der Waals surface area contributed by atoms with E-state index in [2.05, 4.69) is 241 Å². The molecule has 0 radical (unpaired) electrons. The summed E-state index contributed by atoms with van der Waals surface area (Å²) < 4.78 is 7.06. The van der Waals surface area contributed by atoms with Crippen LogP contribution in [-0.2, 0) is 0 Å². The van der Waals surface area contributed by atoms with Crippen LogP contribution in [0.15, 0.2) is 241 Å². The first-order valence-corrected chi connectivity index (χ1v) is 21.2. The van der Waals surface area contributed by atoms with E-state index in [0.717, 1.165) is 55.5 Å². The molecule has 0 unspecified atom stereocenters. The van der Waals surface area contributed by atoms with Gasteiger partial charge in [0, 0.05) is 22.3 Å². The molecule has 290 valence electrons. The molecule has 1 heterocycles. The lowest BCUT2D eigenvalue weighted by Gasteiger charge is -2.26. The lowest BCUT2D eigenvalue weighted by atomic mass is 9.91. The molecule has 0 spiro atoms. The van der Waals surface area contributed by atoms with Crippen LogP contribution in [0.1, 0.15) is 0 Å². The Labute approximate surface area is 360 Å². The van der Waals surface area contributed by atoms with E-state index in [9.17, 15) is 0 Å². The summed E-state index contributed by atoms with van der Waals surface area (Å²) in [5.74, 6) is 0. The molecule has 0 saturated heterocycles. The molecular weight excluding hydrogens is 751 g/mol. The van der Waals surface area contributed by atoms with Gasteiger partial charge in [0.05, 0.1) is 11.1 Å². The molecule has 0 amide bonds. The van der Waals surface area contributed by atoms with Gasteiger partial charge in [0.15, 0.2) is 0 Å². The van der Waals surface area contributed by atoms with Gasteiger partial charge in [-0.25, -0.2) is 0 Å². The third-order valence-electron chi connectivity index (χ3n) is 12.4. The van der Waals surface area contributed by atoms with Crippen LogP contribution in [0.5, 0.6) is 0 Å². The van der Waals surface area contributed by atoms with Crippen molar-refractivity contribution in [2.24, 2.45) is 0 Å². The number of anilines is 3. The fourth-order valence-electron chi connectivity index (χ4n) is 9.48. The molecular formula is C60H39NO. The Balaban J connectivity index is 1.04. The third-order valence-corrected chi connectivity index (χ3v) is 12.4. The standard InChI is InChI=1S/C60H39NO/c1-3-14-40(15-4-1)42-30-34-48(35-31-42)61(49-36-32-43(33-37-49)41-16-5-2-6-17-41)56-24-13-25-57-59(56)55-39-47-19-8-10-21-51(47)58(60(55)62-57)45-28-26-44(27-29-45)54-38-46-18-7-9-20-50(46)52-22-11-12-23-53(52)54/h1-39H. The van der Waals surface area contributed by atoms with Gasteiger partial charge >= 0.3 is 0 Å². The number of fused-ring (bicyclic) bond motifs is 7. The molecule has 2 heteroatoms. The Morgan fingerprint density at radius 2 is 0.790 bits per heavy atom. The Morgan fingerprint density at radius 3 is 1.42 bits per heavy atom. The van der Waals surface area contributed by atoms with Crippen molar-refractivity contribution in [2.45, 2.75) is 0 Å². The summed E-state index contributed by atoms with van der Waals surface area (Å²) in [6.07, 6.45) is 0. The summed E-state index contributed by atoms with van der Waals surface area (Å²) >= 11 is 0. The van der Waals surface area contributed by atoms with Gasteiger partial charge in [-0.2, -0.15) is 0 Å². The molecule has 11 aromatic carbocycles. The number of nitrogens with zero attached hydrogens (tertiary/aromatic N) is 1. The summed E-state index contributed by atoms with van der Waals surface area (Å²) in [6, 6.07) is 85.2. The molecule has 0 bridgehead atoms. The normalized spacial score (nSPS) is 11.5. The quantitative estimate of drug-likeness (QED) is 0.150. The maximum Gasteiger partial charge on any atom is 0.143 e. The average molecular weight is 790 g/mol. The van der Waals surface area contributed by atoms with Crippen molar-refractivity contribution in [1.29, 1.82) is 0 Å². The zero-order chi connectivity index (χ0) is 41.0. The van der Waals surface area contributed by atoms with Crippen LogP contribution in [0.4, 0.5) is 17.1 Å². The van der Waals surface area contributed by atoms with E-state index in [1.807, 2.05) is 0 Å². The third kappa shape index (κ3) is 6.04. The SMILES string of the molecule is c1ccc(-c2ccc(N(c3ccc(-c4ccccc4)cc3)c3cccc4oc5c(-c6ccc(-c7cc8ccccc8c8ccccc78)cc6)c6ccccc6cc5c34)cc2)cc1. The summed E-state index contributed by atoms with van der Waals surface area (Å²) in [4.78, 5) is 2.37. The number of furan rings is 1. The molecule has 1 aromatic heterocycles. The Kier molecular flexibility index (Phi) is 8.53. The Hall–Kier alpha value is -8.20. The van der Waals surface area contributed by atoms with E-state index in [1.54, 1.807) is 0 Å². The molecule has 0 saturated carbocycles. The second kappa shape index (κ2) is 14.8. The minimum absolute atomic E-state index is 0.847. The van der Waals surface area contributed by atoms with E-state index in [4.69, 9.17) is 4.42 Å². The van der Waals surface area contributed by atoms with Gasteiger partial charge in [-0.3, -0.25) is 0 Å². The molecule has 0 fully saturated rings. The topological polar surface area (TPSA) is 16.4 Å². The van der Waals surface area contributed by atoms with E-state index >= 15 is 0 Å². The molecule has 0 N–H and O–H groups in total. The van der Waals surface area contributed by atoms with Crippen molar-refractivity contribution in [3.63, 3.8) is 0 Å². The molecule has 0 aliphatic heterocycles. The van der Waals surface area contributed by atoms with Gasteiger partial charge < -0.3 is 9.32 Å². The minimum atomic E-state index is 0.847. The monoisotopic (exact) mass is 789 g/mol. The molecule has 12 aromatic rings. The van der Waals surface area contributed by atoms with Crippen LogP contribution >= 0.6 is 0 Å². The van der Waals surface area contributed by atoms with Gasteiger partial charge in [0.25, 0.3) is 0 Å². The van der Waals surface area contributed by atoms with Crippen LogP contribution in [-0.4, -0.2) is 0 Å². The summed E-state index contributed by atoms with van der Waals surface area (Å²) in [6.45, 7) is 0. The summed E-state index contributed by atoms with van der Waals surface area (Å²) in [5.41, 5.74) is 14.3. The van der Waals surface area contributed by atoms with Crippen molar-refractivity contribution in [2.75, 3.05) is 4.90 Å². The zero-order valence-corrected chi connectivity index (χ0v) is 33.9. The smallest absolute Gasteiger partial charge is 0.143 e. The van der Waals surface area contributed by atoms with Crippen LogP contribution in [0.3, 0.4) is 0 Å². The van der Waals surface area contributed by atoms with E-state index in [0.29, 0.717) is 0 Å². The number of hydrogen-bond donors (Lipinski definition) is 0. The van der Waals surface area contributed by atoms with Crippen molar-refractivity contribution in [3.05, 3.63) is 237 Å². The Morgan fingerprint density at radius 1 is 0.306 bits per heavy atom. The van der Waals surface area contributed by atoms with Crippen LogP contribution in [0.25, 0.3) is 98.8 Å². The Bertz CT molecular complexity index is 3510. The highest BCUT2D eigenvalue weighted by molar-refractivity contribution is 6.22. The van der Waals surface area contributed by atoms with E-state index < -0.39 is 0 Å². The first-order chi connectivity index (χ1) is 30.7. The maximum absolute atomic E-state index is 7.06. The van der Waals surface area contributed by atoms with Crippen LogP contribution in [0.2, 0.25) is 0 Å². The lowest BCUT2D eigenvalue weighted by molar-refractivity contribution is 0.670. The van der Waals surface area contributed by atoms with E-state index in [-0.39, 0.29) is 0 Å². The summed E-state index contributed by atoms with van der Waals surface area (Å²) in [5, 5.41) is 9.54. The van der Waals surface area contributed by atoms with Crippen LogP contribution in [0, 0.1) is 0 Å². The van der Waals surface area contributed by atoms with Gasteiger partial charge in [0.1, 0.15) is 11.2 Å². The second-order valence-electron chi connectivity index (χ2n) is 16.0. The molecule has 0 aliphatic carbocycles. The van der Waals surface area contributed by atoms with E-state index in [1.165, 1.54) is 60.3 Å². The fourth-order valence-corrected chi connectivity index (χ4v) is 9.48. The first kappa shape index (κ1) is 35.7. The highest BCUT2D eigenvalue weighted by Gasteiger charge is 2.23. The zero-order valence-electron chi connectivity index (χ0n) is 33.9. The van der Waals surface area contributed by atoms with Crippen molar-refractivity contribution in [3.8, 4) is 44.5 Å². The summed E-state index contributed by atoms with van der Waals surface area (Å²) in [7, 11) is 0. The van der Waals surface area contributed by atoms with Gasteiger partial charge in [-0.15, -0.1) is 0 Å². The van der Waals surface area contributed by atoms with Gasteiger partial charge in [-0.1, -0.05) is 188 Å². The predicted molar refractivity (Wildman–Crippen MR) is 263 cm³/mol. The maximum atomic E-state index is 7.06. The van der Waals surface area contributed by atoms with Crippen molar-refractivity contribution in [1.82, 2.24) is 0 Å². The van der Waals surface area contributed by atoms with Crippen molar-refractivity contribution >= 4 is 71.3 Å². The van der Waals surface area contributed by atoms with Gasteiger partial charge in [0.2, 0.25) is 0 Å². The highest BCUT2D eigenvalue weighted by atomic mass is 16.3. The molecule has 0 aliphatic rings. The molecule has 2 nitrogen and oxygen atoms in total. The minimum Gasteiger partial charge on any atom is -0.455 e. The molecule has 0 atom stereocenters. The average Bonchev–Trinajstić information content (AvgIpc) is 3.73. The first-order valence-electron chi connectivity index (χ1n) is 21.2. The highest BCUT2D eigenvalue weighted by Crippen LogP contribution is 2.48. The van der Waals surface area contributed by atoms with Gasteiger partial charge in [-0.05, 0) is 120 Å². The van der Waals surface area contributed by atoms with Crippen molar-refractivity contribution < 1.29 is 4.42 Å². The largest absolute Gasteiger partial charge is 0.455 e. The fraction of sp³-hybridized carbons (Fsp3) is 0. The van der Waals surface area contributed by atoms with Crippen LogP contribution < -0.4 is 4.90 Å². The lowest BCUT2D eigenvalue weighted by Crippen LogP contribution is -2.10. The second-order valence-corrected chi connectivity index (χ2v) is 16.0.